The summed E-state index contributed by atoms with van der Waals surface area (Å²) in [5, 5.41) is 2.99. The van der Waals surface area contributed by atoms with Gasteiger partial charge in [-0.2, -0.15) is 0 Å². The zero-order chi connectivity index (χ0) is 21.1. The summed E-state index contributed by atoms with van der Waals surface area (Å²) in [6, 6.07) is 7.56. The van der Waals surface area contributed by atoms with Crippen molar-refractivity contribution in [3.05, 3.63) is 35.4 Å². The summed E-state index contributed by atoms with van der Waals surface area (Å²) < 4.78 is 0. The molecule has 1 fully saturated rings. The summed E-state index contributed by atoms with van der Waals surface area (Å²) in [5.41, 5.74) is 1.82. The van der Waals surface area contributed by atoms with Crippen LogP contribution in [0, 0.1) is 5.92 Å². The van der Waals surface area contributed by atoms with Crippen molar-refractivity contribution in [2.75, 3.05) is 27.2 Å². The molecule has 156 valence electrons. The van der Waals surface area contributed by atoms with Crippen LogP contribution in [0.4, 0.5) is 0 Å². The van der Waals surface area contributed by atoms with Crippen LogP contribution in [-0.2, 0) is 10.2 Å². The molecule has 1 aromatic rings. The molecule has 0 saturated carbocycles. The molecule has 2 unspecified atom stereocenters. The smallest absolute Gasteiger partial charge is 0.251 e. The topological polar surface area (TPSA) is 52.7 Å². The largest absolute Gasteiger partial charge is 0.340 e. The van der Waals surface area contributed by atoms with Crippen molar-refractivity contribution in [2.45, 2.75) is 65.0 Å². The lowest BCUT2D eigenvalue weighted by Crippen LogP contribution is -2.55. The minimum Gasteiger partial charge on any atom is -0.340 e. The number of benzene rings is 1. The number of nitrogens with zero attached hydrogens (tertiary/aromatic N) is 2. The maximum atomic E-state index is 13.2. The van der Waals surface area contributed by atoms with E-state index in [0.717, 1.165) is 25.9 Å². The molecule has 2 amide bonds. The van der Waals surface area contributed by atoms with Gasteiger partial charge < -0.3 is 15.1 Å². The highest BCUT2D eigenvalue weighted by atomic mass is 16.2. The Morgan fingerprint density at radius 3 is 2.25 bits per heavy atom. The number of hydrogen-bond donors (Lipinski definition) is 1. The molecule has 1 N–H and O–H groups in total. The van der Waals surface area contributed by atoms with Crippen molar-refractivity contribution in [3.8, 4) is 0 Å². The van der Waals surface area contributed by atoms with Crippen LogP contribution in [0.3, 0.4) is 0 Å². The summed E-state index contributed by atoms with van der Waals surface area (Å²) in [6.07, 6.45) is 2.11. The van der Waals surface area contributed by atoms with Crippen LogP contribution >= 0.6 is 0 Å². The van der Waals surface area contributed by atoms with Crippen LogP contribution in [0.1, 0.15) is 63.4 Å². The Hall–Kier alpha value is -1.88. The molecule has 1 heterocycles. The molecule has 0 spiro atoms. The second-order valence-corrected chi connectivity index (χ2v) is 9.57. The van der Waals surface area contributed by atoms with E-state index in [-0.39, 0.29) is 23.1 Å². The second kappa shape index (κ2) is 9.08. The van der Waals surface area contributed by atoms with Gasteiger partial charge in [-0.25, -0.2) is 0 Å². The van der Waals surface area contributed by atoms with E-state index in [9.17, 15) is 9.59 Å². The van der Waals surface area contributed by atoms with Crippen LogP contribution in [0.15, 0.2) is 24.3 Å². The Morgan fingerprint density at radius 2 is 1.75 bits per heavy atom. The van der Waals surface area contributed by atoms with E-state index in [2.05, 4.69) is 45.1 Å². The number of amides is 2. The molecule has 0 aromatic heterocycles. The maximum Gasteiger partial charge on any atom is 0.251 e. The summed E-state index contributed by atoms with van der Waals surface area (Å²) in [7, 11) is 4.11. The molecule has 2 atom stereocenters. The molecule has 5 nitrogen and oxygen atoms in total. The molecule has 28 heavy (non-hydrogen) atoms. The average molecular weight is 388 g/mol. The third-order valence-corrected chi connectivity index (χ3v) is 5.67. The Morgan fingerprint density at radius 1 is 1.14 bits per heavy atom. The fourth-order valence-corrected chi connectivity index (χ4v) is 3.63. The van der Waals surface area contributed by atoms with Gasteiger partial charge in [0, 0.05) is 24.7 Å². The fraction of sp³-hybridized carbons (Fsp3) is 0.652. The number of carbonyl (C=O) groups is 2. The lowest BCUT2D eigenvalue weighted by atomic mass is 9.86. The Labute approximate surface area is 170 Å². The van der Waals surface area contributed by atoms with Crippen molar-refractivity contribution in [2.24, 2.45) is 5.92 Å². The van der Waals surface area contributed by atoms with E-state index in [0.29, 0.717) is 11.6 Å². The van der Waals surface area contributed by atoms with Crippen molar-refractivity contribution in [1.29, 1.82) is 0 Å². The summed E-state index contributed by atoms with van der Waals surface area (Å²) in [6.45, 7) is 11.9. The van der Waals surface area contributed by atoms with Gasteiger partial charge in [0.05, 0.1) is 0 Å². The van der Waals surface area contributed by atoms with Gasteiger partial charge >= 0.3 is 0 Å². The van der Waals surface area contributed by atoms with Crippen LogP contribution < -0.4 is 5.32 Å². The van der Waals surface area contributed by atoms with Crippen LogP contribution in [0.25, 0.3) is 0 Å². The van der Waals surface area contributed by atoms with E-state index in [1.54, 1.807) is 0 Å². The van der Waals surface area contributed by atoms with E-state index in [1.807, 2.05) is 43.0 Å². The lowest BCUT2D eigenvalue weighted by Gasteiger charge is -2.38. The van der Waals surface area contributed by atoms with E-state index in [4.69, 9.17) is 0 Å². The Balaban J connectivity index is 2.09. The van der Waals surface area contributed by atoms with Gasteiger partial charge in [-0.05, 0) is 56.0 Å². The summed E-state index contributed by atoms with van der Waals surface area (Å²) in [4.78, 5) is 30.0. The lowest BCUT2D eigenvalue weighted by molar-refractivity contribution is -0.136. The molecule has 5 heteroatoms. The number of rotatable bonds is 5. The van der Waals surface area contributed by atoms with Crippen LogP contribution in [0.5, 0.6) is 0 Å². The molecule has 0 aliphatic carbocycles. The first kappa shape index (κ1) is 22.4. The number of carbonyl (C=O) groups excluding carboxylic acids is 2. The molecular weight excluding hydrogens is 350 g/mol. The molecule has 1 aromatic carbocycles. The molecular formula is C23H37N3O2. The van der Waals surface area contributed by atoms with E-state index < -0.39 is 6.04 Å². The van der Waals surface area contributed by atoms with Gasteiger partial charge in [0.2, 0.25) is 5.91 Å². The maximum absolute atomic E-state index is 13.2. The number of piperidine rings is 1. The van der Waals surface area contributed by atoms with E-state index >= 15 is 0 Å². The van der Waals surface area contributed by atoms with Gasteiger partial charge in [-0.15, -0.1) is 0 Å². The molecule has 1 saturated heterocycles. The minimum absolute atomic E-state index is 0.0289. The highest BCUT2D eigenvalue weighted by Gasteiger charge is 2.32. The second-order valence-electron chi connectivity index (χ2n) is 9.57. The van der Waals surface area contributed by atoms with Crippen molar-refractivity contribution in [3.63, 3.8) is 0 Å². The third-order valence-electron chi connectivity index (χ3n) is 5.67. The van der Waals surface area contributed by atoms with Crippen molar-refractivity contribution < 1.29 is 9.59 Å². The van der Waals surface area contributed by atoms with Crippen molar-refractivity contribution >= 4 is 11.8 Å². The monoisotopic (exact) mass is 387 g/mol. The predicted molar refractivity (Wildman–Crippen MR) is 115 cm³/mol. The molecule has 1 aliphatic heterocycles. The van der Waals surface area contributed by atoms with Gasteiger partial charge in [-0.1, -0.05) is 46.8 Å². The van der Waals surface area contributed by atoms with Crippen molar-refractivity contribution in [1.82, 2.24) is 15.1 Å². The van der Waals surface area contributed by atoms with E-state index in [1.165, 1.54) is 5.56 Å². The normalized spacial score (nSPS) is 19.0. The standard InChI is InChI=1S/C23H37N3O2/c1-16(2)20(22(28)26-14-8-9-19(15-26)25(6)7)24-21(27)17-10-12-18(13-11-17)23(3,4)5/h10-13,16,19-20H,8-9,14-15H2,1-7H3,(H,24,27). The number of likely N-dealkylation sites (N-methyl/N-ethyl adjacent to an activating group) is 1. The highest BCUT2D eigenvalue weighted by Crippen LogP contribution is 2.22. The Bertz CT molecular complexity index is 674. The summed E-state index contributed by atoms with van der Waals surface area (Å²) in [5.74, 6) is -0.125. The van der Waals surface area contributed by atoms with Crippen LogP contribution in [-0.4, -0.2) is 60.9 Å². The van der Waals surface area contributed by atoms with Gasteiger partial charge in [0.25, 0.3) is 5.91 Å². The molecule has 1 aliphatic rings. The van der Waals surface area contributed by atoms with Gasteiger partial charge in [0.1, 0.15) is 6.04 Å². The number of likely N-dealkylation sites (tertiary alicyclic amines) is 1. The first-order chi connectivity index (χ1) is 13.0. The first-order valence-electron chi connectivity index (χ1n) is 10.4. The first-order valence-corrected chi connectivity index (χ1v) is 10.4. The quantitative estimate of drug-likeness (QED) is 0.843. The third kappa shape index (κ3) is 5.57. The number of nitrogens with one attached hydrogen (secondary N) is 1. The summed E-state index contributed by atoms with van der Waals surface area (Å²) >= 11 is 0. The fourth-order valence-electron chi connectivity index (χ4n) is 3.63. The Kier molecular flexibility index (Phi) is 7.27. The average Bonchev–Trinajstić information content (AvgIpc) is 2.64. The molecule has 0 bridgehead atoms. The number of hydrogen-bond acceptors (Lipinski definition) is 3. The van der Waals surface area contributed by atoms with Gasteiger partial charge in [0.15, 0.2) is 0 Å². The van der Waals surface area contributed by atoms with Gasteiger partial charge in [-0.3, -0.25) is 9.59 Å². The zero-order valence-electron chi connectivity index (χ0n) is 18.6. The van der Waals surface area contributed by atoms with Crippen LogP contribution in [0.2, 0.25) is 0 Å². The zero-order valence-corrected chi connectivity index (χ0v) is 18.6. The molecule has 0 radical (unpaired) electrons. The minimum atomic E-state index is -0.504. The highest BCUT2D eigenvalue weighted by molar-refractivity contribution is 5.97. The predicted octanol–water partition coefficient (Wildman–Crippen LogP) is 3.29. The SMILES string of the molecule is CC(C)C(NC(=O)c1ccc(C(C)(C)C)cc1)C(=O)N1CCCC(N(C)C)C1. The molecule has 2 rings (SSSR count).